The minimum Gasteiger partial charge on any atom is -0.488 e. The molecule has 0 fully saturated rings. The molecule has 10 heteroatoms. The second-order valence-electron chi connectivity index (χ2n) is 7.11. The fraction of sp³-hybridized carbons (Fsp3) is 0.261. The van der Waals surface area contributed by atoms with Gasteiger partial charge >= 0.3 is 6.18 Å². The molecule has 1 atom stereocenters. The molecule has 0 radical (unpaired) electrons. The molecule has 1 N–H and O–H groups in total. The molecule has 0 aliphatic heterocycles. The summed E-state index contributed by atoms with van der Waals surface area (Å²) in [7, 11) is 3.24. The molecule has 3 rings (SSSR count). The van der Waals surface area contributed by atoms with Crippen LogP contribution in [0.15, 0.2) is 48.8 Å². The second kappa shape index (κ2) is 10.2. The number of rotatable bonds is 6. The first-order chi connectivity index (χ1) is 15.7. The van der Waals surface area contributed by atoms with Crippen LogP contribution in [0.4, 0.5) is 19.0 Å². The molecular formula is C23H21F3N4O3. The van der Waals surface area contributed by atoms with Crippen molar-refractivity contribution in [2.75, 3.05) is 19.0 Å². The van der Waals surface area contributed by atoms with Crippen molar-refractivity contribution in [1.82, 2.24) is 14.8 Å². The molecule has 0 saturated carbocycles. The molecular weight excluding hydrogens is 437 g/mol. The van der Waals surface area contributed by atoms with E-state index >= 15 is 0 Å². The molecule has 0 unspecified atom stereocenters. The van der Waals surface area contributed by atoms with Gasteiger partial charge < -0.3 is 14.8 Å². The molecule has 0 aliphatic rings. The average Bonchev–Trinajstić information content (AvgIpc) is 3.16. The monoisotopic (exact) mass is 458 g/mol. The Bertz CT molecular complexity index is 1200. The van der Waals surface area contributed by atoms with Gasteiger partial charge in [-0.05, 0) is 43.2 Å². The summed E-state index contributed by atoms with van der Waals surface area (Å²) in [6.07, 6.45) is -2.02. The summed E-state index contributed by atoms with van der Waals surface area (Å²) >= 11 is 0. The van der Waals surface area contributed by atoms with E-state index in [2.05, 4.69) is 27.2 Å². The van der Waals surface area contributed by atoms with Gasteiger partial charge in [0.1, 0.15) is 17.5 Å². The Morgan fingerprint density at radius 2 is 2.03 bits per heavy atom. The van der Waals surface area contributed by atoms with E-state index in [-0.39, 0.29) is 17.2 Å². The molecule has 2 aromatic heterocycles. The number of ether oxygens (including phenoxy) is 2. The van der Waals surface area contributed by atoms with Crippen molar-refractivity contribution >= 4 is 11.7 Å². The minimum absolute atomic E-state index is 0.198. The Morgan fingerprint density at radius 1 is 1.24 bits per heavy atom. The average molecular weight is 458 g/mol. The van der Waals surface area contributed by atoms with Gasteiger partial charge in [-0.15, -0.1) is 0 Å². The van der Waals surface area contributed by atoms with Crippen molar-refractivity contribution in [3.05, 3.63) is 71.2 Å². The Kier molecular flexibility index (Phi) is 7.35. The van der Waals surface area contributed by atoms with Crippen LogP contribution in [-0.4, -0.2) is 40.5 Å². The zero-order valence-corrected chi connectivity index (χ0v) is 18.1. The first kappa shape index (κ1) is 23.8. The number of hydrogen-bond acceptors (Lipinski definition) is 5. The van der Waals surface area contributed by atoms with Crippen LogP contribution >= 0.6 is 0 Å². The first-order valence-corrected chi connectivity index (χ1v) is 9.81. The molecule has 172 valence electrons. The number of alkyl halides is 3. The van der Waals surface area contributed by atoms with Crippen LogP contribution in [0.1, 0.15) is 34.1 Å². The lowest BCUT2D eigenvalue weighted by atomic mass is 10.1. The number of aryl methyl sites for hydroxylation is 1. The number of anilines is 1. The number of nitrogens with zero attached hydrogens (tertiary/aromatic N) is 3. The fourth-order valence-corrected chi connectivity index (χ4v) is 2.91. The maximum absolute atomic E-state index is 13.2. The predicted octanol–water partition coefficient (Wildman–Crippen LogP) is 3.90. The van der Waals surface area contributed by atoms with E-state index in [9.17, 15) is 18.0 Å². The molecule has 0 spiro atoms. The zero-order chi connectivity index (χ0) is 24.0. The summed E-state index contributed by atoms with van der Waals surface area (Å²) in [5.74, 6) is 5.29. The van der Waals surface area contributed by atoms with E-state index in [0.29, 0.717) is 18.2 Å². The number of carbonyl (C=O) groups is 1. The summed E-state index contributed by atoms with van der Waals surface area (Å²) in [6.45, 7) is 2.08. The molecule has 7 nitrogen and oxygen atoms in total. The van der Waals surface area contributed by atoms with Gasteiger partial charge in [0, 0.05) is 43.7 Å². The van der Waals surface area contributed by atoms with E-state index < -0.39 is 23.3 Å². The number of amides is 1. The number of methoxy groups -OCH3 is 1. The van der Waals surface area contributed by atoms with E-state index in [0.717, 1.165) is 6.07 Å². The molecule has 0 bridgehead atoms. The van der Waals surface area contributed by atoms with Crippen molar-refractivity contribution in [3.63, 3.8) is 0 Å². The maximum Gasteiger partial charge on any atom is 0.419 e. The van der Waals surface area contributed by atoms with E-state index in [4.69, 9.17) is 9.47 Å². The third kappa shape index (κ3) is 6.57. The Balaban J connectivity index is 1.97. The van der Waals surface area contributed by atoms with Gasteiger partial charge in [-0.3, -0.25) is 9.48 Å². The van der Waals surface area contributed by atoms with E-state index in [1.54, 1.807) is 26.2 Å². The highest BCUT2D eigenvalue weighted by Crippen LogP contribution is 2.30. The minimum atomic E-state index is -4.59. The molecule has 0 aliphatic carbocycles. The van der Waals surface area contributed by atoms with Crippen LogP contribution in [0, 0.1) is 11.8 Å². The quantitative estimate of drug-likeness (QED) is 0.567. The van der Waals surface area contributed by atoms with Crippen molar-refractivity contribution in [2.45, 2.75) is 19.2 Å². The topological polar surface area (TPSA) is 78.3 Å². The molecule has 0 saturated heterocycles. The van der Waals surface area contributed by atoms with Gasteiger partial charge in [0.05, 0.1) is 12.2 Å². The summed E-state index contributed by atoms with van der Waals surface area (Å²) in [5, 5.41) is 6.75. The van der Waals surface area contributed by atoms with Gasteiger partial charge in [0.2, 0.25) is 0 Å². The van der Waals surface area contributed by atoms with Crippen molar-refractivity contribution in [2.24, 2.45) is 7.05 Å². The fourth-order valence-electron chi connectivity index (χ4n) is 2.91. The van der Waals surface area contributed by atoms with Crippen LogP contribution in [0.3, 0.4) is 0 Å². The summed E-state index contributed by atoms with van der Waals surface area (Å²) < 4.78 is 52.1. The molecule has 1 amide bonds. The van der Waals surface area contributed by atoms with Crippen LogP contribution in [-0.2, 0) is 18.0 Å². The number of pyridine rings is 1. The standard InChI is InChI=1S/C23H21F3N4O3/c1-15(14-32-3)33-18-12-16(6-7-20-19(23(24,25)26)5-4-9-27-20)11-17(13-18)22(31)28-21-8-10-30(2)29-21/h4-5,8-13,15H,14H2,1-3H3,(H,28,29,31)/t15-/m0/s1. The number of hydrogen-bond donors (Lipinski definition) is 1. The van der Waals surface area contributed by atoms with Gasteiger partial charge in [-0.1, -0.05) is 5.92 Å². The summed E-state index contributed by atoms with van der Waals surface area (Å²) in [5.41, 5.74) is -0.874. The summed E-state index contributed by atoms with van der Waals surface area (Å²) in [4.78, 5) is 16.5. The zero-order valence-electron chi connectivity index (χ0n) is 18.1. The Labute approximate surface area is 188 Å². The first-order valence-electron chi connectivity index (χ1n) is 9.81. The smallest absolute Gasteiger partial charge is 0.419 e. The summed E-state index contributed by atoms with van der Waals surface area (Å²) in [6, 6.07) is 8.23. The predicted molar refractivity (Wildman–Crippen MR) is 115 cm³/mol. The second-order valence-corrected chi connectivity index (χ2v) is 7.11. The van der Waals surface area contributed by atoms with Crippen LogP contribution in [0.25, 0.3) is 0 Å². The van der Waals surface area contributed by atoms with E-state index in [1.165, 1.54) is 42.3 Å². The third-order valence-electron chi connectivity index (χ3n) is 4.30. The van der Waals surface area contributed by atoms with Crippen LogP contribution < -0.4 is 10.1 Å². The SMILES string of the molecule is COC[C@H](C)Oc1cc(C#Cc2ncccc2C(F)(F)F)cc(C(=O)Nc2ccn(C)n2)c1. The largest absolute Gasteiger partial charge is 0.488 e. The van der Waals surface area contributed by atoms with Gasteiger partial charge in [0.15, 0.2) is 5.82 Å². The number of nitrogens with one attached hydrogen (secondary N) is 1. The Morgan fingerprint density at radius 3 is 2.70 bits per heavy atom. The van der Waals surface area contributed by atoms with Crippen molar-refractivity contribution < 1.29 is 27.4 Å². The van der Waals surface area contributed by atoms with Gasteiger partial charge in [0.25, 0.3) is 5.91 Å². The van der Waals surface area contributed by atoms with Crippen LogP contribution in [0.5, 0.6) is 5.75 Å². The van der Waals surface area contributed by atoms with Gasteiger partial charge in [-0.25, -0.2) is 4.98 Å². The maximum atomic E-state index is 13.2. The number of halogens is 3. The molecule has 3 aromatic rings. The van der Waals surface area contributed by atoms with Crippen molar-refractivity contribution in [1.29, 1.82) is 0 Å². The van der Waals surface area contributed by atoms with E-state index in [1.807, 2.05) is 0 Å². The molecule has 2 heterocycles. The molecule has 1 aromatic carbocycles. The third-order valence-corrected chi connectivity index (χ3v) is 4.30. The highest BCUT2D eigenvalue weighted by atomic mass is 19.4. The normalized spacial score (nSPS) is 11.9. The lowest BCUT2D eigenvalue weighted by Gasteiger charge is -2.15. The van der Waals surface area contributed by atoms with Crippen LogP contribution in [0.2, 0.25) is 0 Å². The Hall–Kier alpha value is -3.84. The highest BCUT2D eigenvalue weighted by molar-refractivity contribution is 6.04. The lowest BCUT2D eigenvalue weighted by Crippen LogP contribution is -2.19. The molecule has 33 heavy (non-hydrogen) atoms. The van der Waals surface area contributed by atoms with Crippen molar-refractivity contribution in [3.8, 4) is 17.6 Å². The number of aromatic nitrogens is 3. The highest BCUT2D eigenvalue weighted by Gasteiger charge is 2.33. The number of benzene rings is 1. The van der Waals surface area contributed by atoms with Gasteiger partial charge in [-0.2, -0.15) is 18.3 Å². The lowest BCUT2D eigenvalue weighted by molar-refractivity contribution is -0.138. The number of carbonyl (C=O) groups excluding carboxylic acids is 1.